The quantitative estimate of drug-likeness (QED) is 0.254. The molecule has 0 spiro atoms. The summed E-state index contributed by atoms with van der Waals surface area (Å²) in [6.45, 7) is 6.61. The topological polar surface area (TPSA) is 176 Å². The van der Waals surface area contributed by atoms with Crippen LogP contribution in [0.1, 0.15) is 58.6 Å². The van der Waals surface area contributed by atoms with E-state index in [1.165, 1.54) is 19.1 Å². The Hall–Kier alpha value is -3.77. The normalized spacial score (nSPS) is 14.0. The van der Waals surface area contributed by atoms with E-state index in [1.54, 1.807) is 20.8 Å². The average molecular weight is 483 g/mol. The van der Waals surface area contributed by atoms with Crippen molar-refractivity contribution in [1.82, 2.24) is 10.6 Å². The summed E-state index contributed by atoms with van der Waals surface area (Å²) in [5, 5.41) is 25.5. The molecule has 1 unspecified atom stereocenters. The van der Waals surface area contributed by atoms with Crippen molar-refractivity contribution in [2.45, 2.75) is 64.7 Å². The number of ether oxygens (including phenoxy) is 4. The van der Waals surface area contributed by atoms with Crippen LogP contribution in [0.5, 0.6) is 11.5 Å². The third-order valence-electron chi connectivity index (χ3n) is 4.62. The number of carbonyl (C=O) groups excluding carboxylic acids is 2. The van der Waals surface area contributed by atoms with Gasteiger partial charge in [0.05, 0.1) is 16.6 Å². The summed E-state index contributed by atoms with van der Waals surface area (Å²) in [5.41, 5.74) is -0.862. The molecule has 0 bridgehead atoms. The molecule has 34 heavy (non-hydrogen) atoms. The monoisotopic (exact) mass is 483 g/mol. The number of amides is 2. The molecular formula is C21H29N3O10. The molecule has 13 nitrogen and oxygen atoms in total. The number of nitrogens with zero attached hydrogens (tertiary/aromatic N) is 1. The first kappa shape index (κ1) is 26.5. The Bertz CT molecular complexity index is 928. The molecule has 0 aromatic heterocycles. The number of benzene rings is 1. The summed E-state index contributed by atoms with van der Waals surface area (Å²) in [4.78, 5) is 46.0. The van der Waals surface area contributed by atoms with E-state index in [0.29, 0.717) is 18.6 Å². The van der Waals surface area contributed by atoms with Gasteiger partial charge in [-0.25, -0.2) is 14.4 Å². The van der Waals surface area contributed by atoms with E-state index in [0.717, 1.165) is 0 Å². The van der Waals surface area contributed by atoms with Crippen LogP contribution in [0.2, 0.25) is 0 Å². The third kappa shape index (κ3) is 7.98. The highest BCUT2D eigenvalue weighted by Crippen LogP contribution is 2.40. The summed E-state index contributed by atoms with van der Waals surface area (Å²) < 4.78 is 20.7. The van der Waals surface area contributed by atoms with Gasteiger partial charge in [0.2, 0.25) is 6.79 Å². The molecule has 0 saturated heterocycles. The van der Waals surface area contributed by atoms with Gasteiger partial charge in [-0.05, 0) is 53.0 Å². The second-order valence-corrected chi connectivity index (χ2v) is 8.53. The number of rotatable bonds is 10. The molecule has 0 saturated carbocycles. The predicted molar refractivity (Wildman–Crippen MR) is 117 cm³/mol. The van der Waals surface area contributed by atoms with Crippen LogP contribution >= 0.6 is 0 Å². The van der Waals surface area contributed by atoms with Crippen molar-refractivity contribution in [2.24, 2.45) is 0 Å². The highest BCUT2D eigenvalue weighted by molar-refractivity contribution is 5.80. The van der Waals surface area contributed by atoms with Crippen LogP contribution in [0.25, 0.3) is 0 Å². The Labute approximate surface area is 195 Å². The van der Waals surface area contributed by atoms with E-state index < -0.39 is 40.8 Å². The van der Waals surface area contributed by atoms with Crippen LogP contribution in [0, 0.1) is 10.1 Å². The fourth-order valence-corrected chi connectivity index (χ4v) is 3.07. The Balaban J connectivity index is 1.79. The van der Waals surface area contributed by atoms with Crippen molar-refractivity contribution in [1.29, 1.82) is 0 Å². The minimum Gasteiger partial charge on any atom is -0.480 e. The van der Waals surface area contributed by atoms with E-state index in [2.05, 4.69) is 10.6 Å². The Morgan fingerprint density at radius 2 is 1.82 bits per heavy atom. The number of carboxylic acids is 1. The molecule has 0 aliphatic carbocycles. The maximum Gasteiger partial charge on any atom is 0.408 e. The maximum atomic E-state index is 12.1. The van der Waals surface area contributed by atoms with Gasteiger partial charge in [-0.15, -0.1) is 0 Å². The fourth-order valence-electron chi connectivity index (χ4n) is 3.07. The van der Waals surface area contributed by atoms with Gasteiger partial charge in [-0.3, -0.25) is 10.1 Å². The number of alkyl carbamates (subject to hydrolysis) is 2. The zero-order valence-corrected chi connectivity index (χ0v) is 19.4. The van der Waals surface area contributed by atoms with Crippen molar-refractivity contribution in [3.05, 3.63) is 27.8 Å². The number of carbonyl (C=O) groups is 3. The number of carboxylic acid groups (broad SMARTS) is 1. The van der Waals surface area contributed by atoms with Crippen LogP contribution in [0.15, 0.2) is 12.1 Å². The first-order chi connectivity index (χ1) is 15.9. The summed E-state index contributed by atoms with van der Waals surface area (Å²) >= 11 is 0. The molecule has 0 radical (unpaired) electrons. The van der Waals surface area contributed by atoms with Gasteiger partial charge in [-0.2, -0.15) is 0 Å². The minimum atomic E-state index is -1.20. The van der Waals surface area contributed by atoms with Crippen molar-refractivity contribution in [3.8, 4) is 11.5 Å². The second kappa shape index (κ2) is 11.4. The fraction of sp³-hybridized carbons (Fsp3) is 0.571. The molecule has 1 aromatic rings. The summed E-state index contributed by atoms with van der Waals surface area (Å²) in [6, 6.07) is 1.50. The van der Waals surface area contributed by atoms with Crippen LogP contribution in [-0.2, 0) is 14.3 Å². The molecule has 1 aliphatic heterocycles. The van der Waals surface area contributed by atoms with Gasteiger partial charge >= 0.3 is 18.2 Å². The molecule has 188 valence electrons. The molecule has 1 aromatic carbocycles. The van der Waals surface area contributed by atoms with E-state index >= 15 is 0 Å². The zero-order chi connectivity index (χ0) is 25.5. The Morgan fingerprint density at radius 1 is 1.18 bits per heavy atom. The van der Waals surface area contributed by atoms with Crippen LogP contribution < -0.4 is 20.1 Å². The van der Waals surface area contributed by atoms with Gasteiger partial charge in [0.15, 0.2) is 11.5 Å². The zero-order valence-electron chi connectivity index (χ0n) is 19.4. The summed E-state index contributed by atoms with van der Waals surface area (Å²) in [6.07, 6.45) is -1.63. The molecule has 2 rings (SSSR count). The smallest absolute Gasteiger partial charge is 0.408 e. The number of aliphatic carboxylic acids is 1. The first-order valence-corrected chi connectivity index (χ1v) is 10.6. The van der Waals surface area contributed by atoms with Gasteiger partial charge < -0.3 is 34.7 Å². The van der Waals surface area contributed by atoms with E-state index in [-0.39, 0.29) is 36.8 Å². The molecular weight excluding hydrogens is 454 g/mol. The van der Waals surface area contributed by atoms with Crippen molar-refractivity contribution in [3.63, 3.8) is 0 Å². The van der Waals surface area contributed by atoms with E-state index in [4.69, 9.17) is 18.9 Å². The van der Waals surface area contributed by atoms with Crippen LogP contribution in [0.3, 0.4) is 0 Å². The Kier molecular flexibility index (Phi) is 8.87. The number of nitro groups is 1. The van der Waals surface area contributed by atoms with Crippen LogP contribution in [-0.4, -0.2) is 53.2 Å². The third-order valence-corrected chi connectivity index (χ3v) is 4.62. The second-order valence-electron chi connectivity index (χ2n) is 8.53. The van der Waals surface area contributed by atoms with Crippen molar-refractivity contribution in [2.75, 3.05) is 13.3 Å². The largest absolute Gasteiger partial charge is 0.480 e. The lowest BCUT2D eigenvalue weighted by atomic mass is 10.1. The Morgan fingerprint density at radius 3 is 2.41 bits per heavy atom. The van der Waals surface area contributed by atoms with Gasteiger partial charge in [0.1, 0.15) is 17.7 Å². The molecule has 3 N–H and O–H groups in total. The van der Waals surface area contributed by atoms with Crippen molar-refractivity contribution >= 4 is 23.8 Å². The summed E-state index contributed by atoms with van der Waals surface area (Å²) in [5.74, 6) is -0.630. The lowest BCUT2D eigenvalue weighted by Crippen LogP contribution is -2.43. The molecule has 0 fully saturated rings. The van der Waals surface area contributed by atoms with Crippen LogP contribution in [0.4, 0.5) is 15.3 Å². The number of nitro benzene ring substituents is 1. The first-order valence-electron chi connectivity index (χ1n) is 10.6. The molecule has 1 aliphatic rings. The average Bonchev–Trinajstić information content (AvgIpc) is 3.17. The highest BCUT2D eigenvalue weighted by atomic mass is 16.7. The van der Waals surface area contributed by atoms with E-state index in [9.17, 15) is 29.6 Å². The number of hydrogen-bond donors (Lipinski definition) is 3. The molecule has 1 heterocycles. The molecule has 13 heteroatoms. The number of fused-ring (bicyclic) bond motifs is 1. The lowest BCUT2D eigenvalue weighted by molar-refractivity contribution is -0.386. The van der Waals surface area contributed by atoms with Gasteiger partial charge in [-0.1, -0.05) is 0 Å². The number of nitrogens with one attached hydrogen (secondary N) is 2. The molecule has 2 atom stereocenters. The SMILES string of the molecule is CC(OC(=O)NCCCC[C@H](NC(=O)OC(C)(C)C)C(=O)O)c1cc2c(cc1[N+](=O)[O-])OCO2. The number of unbranched alkanes of at least 4 members (excludes halogenated alkanes) is 1. The van der Waals surface area contributed by atoms with Gasteiger partial charge in [0.25, 0.3) is 5.69 Å². The molecule has 2 amide bonds. The van der Waals surface area contributed by atoms with Crippen molar-refractivity contribution < 1.29 is 43.4 Å². The summed E-state index contributed by atoms with van der Waals surface area (Å²) in [7, 11) is 0. The highest BCUT2D eigenvalue weighted by Gasteiger charge is 2.28. The van der Waals surface area contributed by atoms with E-state index in [1.807, 2.05) is 0 Å². The maximum absolute atomic E-state index is 12.1. The standard InChI is InChI=1S/C21H29N3O10/c1-12(13-9-16-17(32-11-31-16)10-15(13)24(29)30)33-19(27)22-8-6-5-7-14(18(25)26)23-20(28)34-21(2,3)4/h9-10,12,14H,5-8,11H2,1-4H3,(H,22,27)(H,23,28)(H,25,26)/t12?,14-/m0/s1. The predicted octanol–water partition coefficient (Wildman–Crippen LogP) is 3.26. The lowest BCUT2D eigenvalue weighted by Gasteiger charge is -2.22. The minimum absolute atomic E-state index is 0.0539. The van der Waals surface area contributed by atoms with Gasteiger partial charge in [0, 0.05) is 6.54 Å². The number of hydrogen-bond acceptors (Lipinski definition) is 9.